The number of carbonyl (C=O) groups is 3. The summed E-state index contributed by atoms with van der Waals surface area (Å²) >= 11 is 0. The second-order valence-corrected chi connectivity index (χ2v) is 9.09. The number of halogens is 9. The van der Waals surface area contributed by atoms with Gasteiger partial charge in [-0.2, -0.15) is 44.6 Å². The third-order valence-electron chi connectivity index (χ3n) is 5.42. The van der Waals surface area contributed by atoms with Crippen molar-refractivity contribution >= 4 is 23.9 Å². The van der Waals surface area contributed by atoms with Gasteiger partial charge < -0.3 is 20.6 Å². The van der Waals surface area contributed by atoms with Gasteiger partial charge in [-0.15, -0.1) is 0 Å². The van der Waals surface area contributed by atoms with Crippen molar-refractivity contribution < 1.29 is 69.2 Å². The lowest BCUT2D eigenvalue weighted by Gasteiger charge is -2.24. The first-order valence-corrected chi connectivity index (χ1v) is 12.7. The van der Waals surface area contributed by atoms with Crippen molar-refractivity contribution in [3.63, 3.8) is 0 Å². The molecule has 0 radical (unpaired) electrons. The van der Waals surface area contributed by atoms with Crippen molar-refractivity contribution in [2.75, 3.05) is 18.4 Å². The quantitative estimate of drug-likeness (QED) is 0.272. The molecule has 0 saturated carbocycles. The van der Waals surface area contributed by atoms with Crippen molar-refractivity contribution in [1.29, 1.82) is 0 Å². The molecule has 4 N–H and O–H groups in total. The highest BCUT2D eigenvalue weighted by molar-refractivity contribution is 5.73. The minimum Gasteiger partial charge on any atom is -0.475 e. The molecule has 3 aromatic heterocycles. The van der Waals surface area contributed by atoms with Gasteiger partial charge in [0.15, 0.2) is 0 Å². The largest absolute Gasteiger partial charge is 0.490 e. The molecule has 1 aliphatic rings. The first-order valence-electron chi connectivity index (χ1n) is 12.7. The predicted octanol–water partition coefficient (Wildman–Crippen LogP) is 4.10. The van der Waals surface area contributed by atoms with Crippen LogP contribution in [-0.4, -0.2) is 94.5 Å². The van der Waals surface area contributed by atoms with Crippen LogP contribution in [0.4, 0.5) is 45.5 Å². The normalized spacial score (nSPS) is 14.7. The van der Waals surface area contributed by atoms with Crippen LogP contribution in [0.25, 0.3) is 0 Å². The Morgan fingerprint density at radius 3 is 1.72 bits per heavy atom. The number of nitrogens with zero attached hydrogens (tertiary/aromatic N) is 6. The van der Waals surface area contributed by atoms with E-state index in [1.165, 1.54) is 11.3 Å². The molecule has 4 rings (SSSR count). The van der Waals surface area contributed by atoms with E-state index in [1.54, 1.807) is 12.4 Å². The fourth-order valence-electron chi connectivity index (χ4n) is 3.45. The number of anilines is 1. The number of pyridine rings is 1. The molecule has 1 atom stereocenters. The summed E-state index contributed by atoms with van der Waals surface area (Å²) in [5.74, 6) is -7.06. The zero-order valence-electron chi connectivity index (χ0n) is 23.7. The molecule has 0 fully saturated rings. The molecule has 4 heterocycles. The number of fused-ring (bicyclic) bond motifs is 1. The first-order chi connectivity index (χ1) is 21.7. The monoisotopic (exact) mass is 691 g/mol. The van der Waals surface area contributed by atoms with Crippen molar-refractivity contribution in [2.24, 2.45) is 5.92 Å². The minimum atomic E-state index is -5.08. The van der Waals surface area contributed by atoms with Gasteiger partial charge in [0.1, 0.15) is 0 Å². The van der Waals surface area contributed by atoms with Crippen molar-refractivity contribution in [3.05, 3.63) is 66.5 Å². The van der Waals surface area contributed by atoms with Crippen molar-refractivity contribution in [1.82, 2.24) is 29.6 Å². The van der Waals surface area contributed by atoms with Crippen LogP contribution in [-0.2, 0) is 34.0 Å². The number of alkyl halides is 9. The Hall–Kier alpha value is -5.02. The van der Waals surface area contributed by atoms with Gasteiger partial charge in [0.2, 0.25) is 5.95 Å². The summed E-state index contributed by atoms with van der Waals surface area (Å²) in [7, 11) is 0. The fraction of sp³-hybridized carbons (Fsp3) is 0.400. The highest BCUT2D eigenvalue weighted by atomic mass is 19.4. The van der Waals surface area contributed by atoms with E-state index in [-0.39, 0.29) is 0 Å². The average molecular weight is 692 g/mol. The van der Waals surface area contributed by atoms with Gasteiger partial charge in [-0.3, -0.25) is 14.6 Å². The van der Waals surface area contributed by atoms with E-state index >= 15 is 0 Å². The summed E-state index contributed by atoms with van der Waals surface area (Å²) in [6, 6.07) is 8.13. The smallest absolute Gasteiger partial charge is 0.475 e. The number of aromatic nitrogens is 5. The van der Waals surface area contributed by atoms with Crippen molar-refractivity contribution in [3.8, 4) is 0 Å². The molecule has 47 heavy (non-hydrogen) atoms. The van der Waals surface area contributed by atoms with Gasteiger partial charge in [0, 0.05) is 63.7 Å². The summed E-state index contributed by atoms with van der Waals surface area (Å²) < 4.78 is 97.4. The molecule has 0 aromatic carbocycles. The van der Waals surface area contributed by atoms with E-state index in [4.69, 9.17) is 29.7 Å². The van der Waals surface area contributed by atoms with Crippen LogP contribution >= 0.6 is 0 Å². The number of carboxylic acid groups (broad SMARTS) is 3. The maximum absolute atomic E-state index is 10.6. The third-order valence-corrected chi connectivity index (χ3v) is 5.42. The van der Waals surface area contributed by atoms with Gasteiger partial charge in [-0.05, 0) is 42.2 Å². The zero-order chi connectivity index (χ0) is 35.8. The molecular weight excluding hydrogens is 665 g/mol. The van der Waals surface area contributed by atoms with Gasteiger partial charge in [0.05, 0.1) is 5.69 Å². The lowest BCUT2D eigenvalue weighted by molar-refractivity contribution is -0.193. The fourth-order valence-corrected chi connectivity index (χ4v) is 3.45. The molecule has 0 aliphatic carbocycles. The second kappa shape index (κ2) is 18.2. The molecule has 1 aliphatic heterocycles. The number of hydrogen-bond donors (Lipinski definition) is 4. The van der Waals surface area contributed by atoms with Gasteiger partial charge in [0.25, 0.3) is 0 Å². The van der Waals surface area contributed by atoms with Crippen LogP contribution < -0.4 is 5.32 Å². The van der Waals surface area contributed by atoms with Crippen LogP contribution in [0.2, 0.25) is 0 Å². The van der Waals surface area contributed by atoms with Crippen LogP contribution in [0.5, 0.6) is 0 Å². The van der Waals surface area contributed by atoms with Crippen LogP contribution in [0.1, 0.15) is 17.7 Å². The molecule has 1 unspecified atom stereocenters. The number of aliphatic carboxylic acids is 3. The maximum atomic E-state index is 10.6. The Morgan fingerprint density at radius 2 is 1.26 bits per heavy atom. The Balaban J connectivity index is 0.000000430. The zero-order valence-corrected chi connectivity index (χ0v) is 23.7. The topological polar surface area (TPSA) is 184 Å². The van der Waals surface area contributed by atoms with Crippen molar-refractivity contribution in [2.45, 2.75) is 44.6 Å². The van der Waals surface area contributed by atoms with Crippen LogP contribution in [0, 0.1) is 5.92 Å². The summed E-state index contributed by atoms with van der Waals surface area (Å²) in [5.41, 5.74) is 2.57. The SMILES string of the molecule is O=C(O)C(F)(F)F.O=C(O)C(F)(F)F.O=C(O)C(F)(F)F.c1cnc(NCCC2CN(Cc3ccncc3)Cc3ccnn3C2)nc1. The van der Waals surface area contributed by atoms with Gasteiger partial charge in [-0.25, -0.2) is 24.4 Å². The lowest BCUT2D eigenvalue weighted by Crippen LogP contribution is -2.28. The van der Waals surface area contributed by atoms with E-state index in [1.807, 2.05) is 24.7 Å². The Bertz CT molecular complexity index is 1330. The van der Waals surface area contributed by atoms with Gasteiger partial charge in [-0.1, -0.05) is 0 Å². The molecular formula is C25H26F9N7O6. The van der Waals surface area contributed by atoms with Gasteiger partial charge >= 0.3 is 36.4 Å². The maximum Gasteiger partial charge on any atom is 0.490 e. The van der Waals surface area contributed by atoms with E-state index in [0.717, 1.165) is 39.1 Å². The highest BCUT2D eigenvalue weighted by Crippen LogP contribution is 2.20. The molecule has 22 heteroatoms. The van der Waals surface area contributed by atoms with E-state index < -0.39 is 36.4 Å². The summed E-state index contributed by atoms with van der Waals surface area (Å²) in [5, 5.41) is 29.2. The predicted molar refractivity (Wildman–Crippen MR) is 140 cm³/mol. The van der Waals surface area contributed by atoms with E-state index in [9.17, 15) is 39.5 Å². The van der Waals surface area contributed by atoms with Crippen LogP contribution in [0.15, 0.2) is 55.2 Å². The Labute approximate surface area is 258 Å². The second-order valence-electron chi connectivity index (χ2n) is 9.09. The summed E-state index contributed by atoms with van der Waals surface area (Å²) in [6.45, 7) is 4.71. The lowest BCUT2D eigenvalue weighted by atomic mass is 10.0. The molecule has 0 saturated heterocycles. The number of carboxylic acids is 3. The summed E-state index contributed by atoms with van der Waals surface area (Å²) in [6.07, 6.45) is -5.07. The van der Waals surface area contributed by atoms with E-state index in [2.05, 4.69) is 53.1 Å². The Morgan fingerprint density at radius 1 is 0.766 bits per heavy atom. The standard InChI is InChI=1S/C19H23N7.3C2HF3O2/c1-6-21-19(22-7-1)23-10-4-17-13-25(12-16-2-8-20-9-3-16)15-18-5-11-24-26(18)14-17;3*3-2(4,5)1(6)7/h1-3,5-9,11,17H,4,10,12-15H2,(H,21,22,23);3*(H,6,7). The number of nitrogens with one attached hydrogen (secondary N) is 1. The molecule has 260 valence electrons. The first kappa shape index (κ1) is 40.0. The third kappa shape index (κ3) is 16.7. The molecule has 0 spiro atoms. The van der Waals surface area contributed by atoms with Crippen LogP contribution in [0.3, 0.4) is 0 Å². The number of hydrogen-bond acceptors (Lipinski definition) is 9. The number of rotatable bonds is 6. The average Bonchev–Trinajstić information content (AvgIpc) is 3.32. The minimum absolute atomic E-state index is 0.522. The molecule has 0 bridgehead atoms. The van der Waals surface area contributed by atoms with E-state index in [0.29, 0.717) is 11.9 Å². The molecule has 0 amide bonds. The molecule has 3 aromatic rings. The highest BCUT2D eigenvalue weighted by Gasteiger charge is 2.39. The summed E-state index contributed by atoms with van der Waals surface area (Å²) in [4.78, 5) is 41.7. The Kier molecular flexibility index (Phi) is 15.5. The molecule has 13 nitrogen and oxygen atoms in total.